The van der Waals surface area contributed by atoms with Crippen LogP contribution in [0.3, 0.4) is 0 Å². The third-order valence-electron chi connectivity index (χ3n) is 4.15. The first-order valence-corrected chi connectivity index (χ1v) is 7.79. The van der Waals surface area contributed by atoms with Crippen LogP contribution < -0.4 is 5.32 Å². The van der Waals surface area contributed by atoms with Crippen LogP contribution in [-0.4, -0.2) is 45.9 Å². The van der Waals surface area contributed by atoms with Crippen molar-refractivity contribution in [2.75, 3.05) is 19.6 Å². The lowest BCUT2D eigenvalue weighted by Gasteiger charge is -2.31. The largest absolute Gasteiger partial charge is 0.472 e. The first-order chi connectivity index (χ1) is 11.2. The Kier molecular flexibility index (Phi) is 4.75. The average Bonchev–Trinajstić information content (AvgIpc) is 3.28. The number of nitrogens with one attached hydrogen (secondary N) is 1. The molecule has 0 aromatic carbocycles. The Morgan fingerprint density at radius 1 is 1.35 bits per heavy atom. The highest BCUT2D eigenvalue weighted by Gasteiger charge is 2.27. The minimum atomic E-state index is -0.0299. The first kappa shape index (κ1) is 15.3. The molecule has 1 fully saturated rings. The van der Waals surface area contributed by atoms with Crippen molar-refractivity contribution >= 4 is 11.8 Å². The van der Waals surface area contributed by atoms with Gasteiger partial charge in [-0.25, -0.2) is 4.98 Å². The van der Waals surface area contributed by atoms with Crippen molar-refractivity contribution in [1.29, 1.82) is 0 Å². The van der Waals surface area contributed by atoms with E-state index in [0.717, 1.165) is 0 Å². The van der Waals surface area contributed by atoms with Crippen molar-refractivity contribution < 1.29 is 14.0 Å². The van der Waals surface area contributed by atoms with Crippen molar-refractivity contribution in [3.63, 3.8) is 0 Å². The van der Waals surface area contributed by atoms with Gasteiger partial charge in [-0.2, -0.15) is 0 Å². The van der Waals surface area contributed by atoms with Gasteiger partial charge in [0.2, 0.25) is 5.91 Å². The van der Waals surface area contributed by atoms with Crippen LogP contribution in [0.5, 0.6) is 0 Å². The Morgan fingerprint density at radius 3 is 2.83 bits per heavy atom. The zero-order chi connectivity index (χ0) is 16.1. The smallest absolute Gasteiger partial charge is 0.257 e. The number of piperidine rings is 1. The lowest BCUT2D eigenvalue weighted by molar-refractivity contribution is -0.126. The lowest BCUT2D eigenvalue weighted by atomic mass is 9.95. The van der Waals surface area contributed by atoms with Gasteiger partial charge in [0.1, 0.15) is 6.26 Å². The van der Waals surface area contributed by atoms with E-state index >= 15 is 0 Å². The summed E-state index contributed by atoms with van der Waals surface area (Å²) in [7, 11) is 0. The van der Waals surface area contributed by atoms with Gasteiger partial charge >= 0.3 is 0 Å². The van der Waals surface area contributed by atoms with E-state index < -0.39 is 0 Å². The molecule has 3 rings (SSSR count). The Hall–Kier alpha value is -2.57. The van der Waals surface area contributed by atoms with Crippen molar-refractivity contribution in [3.8, 4) is 0 Å². The summed E-state index contributed by atoms with van der Waals surface area (Å²) in [6.45, 7) is 2.50. The van der Waals surface area contributed by atoms with Crippen LogP contribution in [0.4, 0.5) is 0 Å². The molecule has 23 heavy (non-hydrogen) atoms. The number of carbonyl (C=O) groups excluding carboxylic acids is 2. The number of aromatic nitrogens is 2. The van der Waals surface area contributed by atoms with E-state index in [1.54, 1.807) is 23.5 Å². The number of furan rings is 1. The van der Waals surface area contributed by atoms with Crippen molar-refractivity contribution in [2.24, 2.45) is 5.92 Å². The van der Waals surface area contributed by atoms with Gasteiger partial charge in [0, 0.05) is 44.5 Å². The molecule has 1 aliphatic rings. The molecule has 0 bridgehead atoms. The van der Waals surface area contributed by atoms with Gasteiger partial charge in [-0.05, 0) is 18.9 Å². The fraction of sp³-hybridized carbons (Fsp3) is 0.438. The molecule has 0 saturated carbocycles. The summed E-state index contributed by atoms with van der Waals surface area (Å²) in [6, 6.07) is 1.66. The SMILES string of the molecule is O=C(NCCn1ccnc1)C1CCN(C(=O)c2ccoc2)CC1. The minimum Gasteiger partial charge on any atom is -0.472 e. The average molecular weight is 316 g/mol. The van der Waals surface area contributed by atoms with E-state index in [-0.39, 0.29) is 17.7 Å². The highest BCUT2D eigenvalue weighted by molar-refractivity contribution is 5.94. The van der Waals surface area contributed by atoms with Crippen LogP contribution in [0.2, 0.25) is 0 Å². The van der Waals surface area contributed by atoms with E-state index in [1.165, 1.54) is 12.5 Å². The zero-order valence-electron chi connectivity index (χ0n) is 12.9. The van der Waals surface area contributed by atoms with E-state index in [2.05, 4.69) is 10.3 Å². The number of hydrogen-bond acceptors (Lipinski definition) is 4. The Balaban J connectivity index is 1.41. The summed E-state index contributed by atoms with van der Waals surface area (Å²) in [5.41, 5.74) is 0.563. The molecular weight excluding hydrogens is 296 g/mol. The molecule has 3 heterocycles. The summed E-state index contributed by atoms with van der Waals surface area (Å²) in [4.78, 5) is 30.1. The van der Waals surface area contributed by atoms with Gasteiger partial charge in [-0.1, -0.05) is 0 Å². The molecule has 0 aliphatic carbocycles. The second kappa shape index (κ2) is 7.13. The number of rotatable bonds is 5. The maximum atomic E-state index is 12.2. The molecule has 1 aliphatic heterocycles. The Bertz CT molecular complexity index is 628. The molecule has 2 amide bonds. The predicted octanol–water partition coefficient (Wildman–Crippen LogP) is 1.14. The van der Waals surface area contributed by atoms with Crippen LogP contribution in [0.1, 0.15) is 23.2 Å². The molecule has 2 aromatic rings. The Morgan fingerprint density at radius 2 is 2.17 bits per heavy atom. The van der Waals surface area contributed by atoms with Crippen LogP contribution in [-0.2, 0) is 11.3 Å². The molecule has 0 spiro atoms. The molecule has 1 N–H and O–H groups in total. The van der Waals surface area contributed by atoms with Gasteiger partial charge in [0.25, 0.3) is 5.91 Å². The molecule has 122 valence electrons. The van der Waals surface area contributed by atoms with Crippen LogP contribution in [0.25, 0.3) is 0 Å². The molecule has 0 atom stereocenters. The third-order valence-corrected chi connectivity index (χ3v) is 4.15. The number of imidazole rings is 1. The second-order valence-corrected chi connectivity index (χ2v) is 5.67. The summed E-state index contributed by atoms with van der Waals surface area (Å²) in [6.07, 6.45) is 9.65. The minimum absolute atomic E-state index is 0.0220. The third kappa shape index (κ3) is 3.80. The zero-order valence-corrected chi connectivity index (χ0v) is 12.9. The standard InChI is InChI=1S/C16H20N4O3/c21-15(18-5-9-19-8-4-17-12-19)13-1-6-20(7-2-13)16(22)14-3-10-23-11-14/h3-4,8,10-13H,1-2,5-7,9H2,(H,18,21). The maximum absolute atomic E-state index is 12.2. The molecule has 7 heteroatoms. The second-order valence-electron chi connectivity index (χ2n) is 5.67. The van der Waals surface area contributed by atoms with Crippen molar-refractivity contribution in [3.05, 3.63) is 42.9 Å². The molecule has 0 unspecified atom stereocenters. The highest BCUT2D eigenvalue weighted by atomic mass is 16.3. The summed E-state index contributed by atoms with van der Waals surface area (Å²) in [5, 5.41) is 2.96. The lowest BCUT2D eigenvalue weighted by Crippen LogP contribution is -2.43. The van der Waals surface area contributed by atoms with Gasteiger partial charge in [-0.15, -0.1) is 0 Å². The molecule has 7 nitrogen and oxygen atoms in total. The van der Waals surface area contributed by atoms with Crippen LogP contribution in [0.15, 0.2) is 41.7 Å². The maximum Gasteiger partial charge on any atom is 0.257 e. The fourth-order valence-electron chi connectivity index (χ4n) is 2.79. The number of nitrogens with zero attached hydrogens (tertiary/aromatic N) is 3. The van der Waals surface area contributed by atoms with Crippen molar-refractivity contribution in [1.82, 2.24) is 19.8 Å². The summed E-state index contributed by atoms with van der Waals surface area (Å²) < 4.78 is 6.87. The Labute approximate surface area is 134 Å². The normalized spacial score (nSPS) is 15.6. The number of carbonyl (C=O) groups is 2. The van der Waals surface area contributed by atoms with E-state index in [1.807, 2.05) is 10.8 Å². The fourth-order valence-corrected chi connectivity index (χ4v) is 2.79. The van der Waals surface area contributed by atoms with Crippen LogP contribution >= 0.6 is 0 Å². The predicted molar refractivity (Wildman–Crippen MR) is 82.6 cm³/mol. The number of amides is 2. The monoisotopic (exact) mass is 316 g/mol. The van der Waals surface area contributed by atoms with E-state index in [0.29, 0.717) is 44.6 Å². The van der Waals surface area contributed by atoms with Gasteiger partial charge in [0.15, 0.2) is 0 Å². The quantitative estimate of drug-likeness (QED) is 0.897. The van der Waals surface area contributed by atoms with Gasteiger partial charge < -0.3 is 19.2 Å². The van der Waals surface area contributed by atoms with E-state index in [4.69, 9.17) is 4.42 Å². The van der Waals surface area contributed by atoms with E-state index in [9.17, 15) is 9.59 Å². The molecule has 0 radical (unpaired) electrons. The van der Waals surface area contributed by atoms with Crippen molar-refractivity contribution in [2.45, 2.75) is 19.4 Å². The van der Waals surface area contributed by atoms with Crippen LogP contribution in [0, 0.1) is 5.92 Å². The summed E-state index contributed by atoms with van der Waals surface area (Å²) >= 11 is 0. The number of likely N-dealkylation sites (tertiary alicyclic amines) is 1. The topological polar surface area (TPSA) is 80.4 Å². The first-order valence-electron chi connectivity index (χ1n) is 7.79. The summed E-state index contributed by atoms with van der Waals surface area (Å²) in [5.74, 6) is 0.0180. The highest BCUT2D eigenvalue weighted by Crippen LogP contribution is 2.19. The molecule has 1 saturated heterocycles. The molecular formula is C16H20N4O3. The van der Waals surface area contributed by atoms with Gasteiger partial charge in [0.05, 0.1) is 18.2 Å². The molecule has 2 aromatic heterocycles. The number of hydrogen-bond donors (Lipinski definition) is 1. The van der Waals surface area contributed by atoms with Gasteiger partial charge in [-0.3, -0.25) is 9.59 Å².